The number of fused-ring (bicyclic) bond motifs is 1. The van der Waals surface area contributed by atoms with E-state index >= 15 is 0 Å². The van der Waals surface area contributed by atoms with Gasteiger partial charge in [0.25, 0.3) is 11.8 Å². The van der Waals surface area contributed by atoms with Gasteiger partial charge in [0.1, 0.15) is 12.3 Å². The summed E-state index contributed by atoms with van der Waals surface area (Å²) >= 11 is 0. The number of nitrogens with one attached hydrogen (secondary N) is 3. The van der Waals surface area contributed by atoms with Gasteiger partial charge in [0, 0.05) is 5.69 Å². The first-order chi connectivity index (χ1) is 13.2. The van der Waals surface area contributed by atoms with E-state index in [9.17, 15) is 9.59 Å². The molecular formula is C20H17N3O4. The van der Waals surface area contributed by atoms with Crippen LogP contribution in [-0.4, -0.2) is 29.5 Å². The predicted molar refractivity (Wildman–Crippen MR) is 98.2 cm³/mol. The standard InChI is InChI=1S/C20H17N3O4/c24-19(15-11-10-14(21-15)13-6-2-1-3-7-13)22-23-20(25)18-12-26-16-8-4-5-9-17(16)27-18/h1-11,18,21H,12H2,(H,22,24)(H,23,25). The molecule has 136 valence electrons. The topological polar surface area (TPSA) is 92.5 Å². The zero-order chi connectivity index (χ0) is 18.6. The summed E-state index contributed by atoms with van der Waals surface area (Å²) in [6.07, 6.45) is -0.844. The van der Waals surface area contributed by atoms with E-state index in [1.807, 2.05) is 36.4 Å². The van der Waals surface area contributed by atoms with Gasteiger partial charge >= 0.3 is 0 Å². The molecule has 0 bridgehead atoms. The van der Waals surface area contributed by atoms with Gasteiger partial charge in [0.2, 0.25) is 6.10 Å². The van der Waals surface area contributed by atoms with E-state index in [1.165, 1.54) is 0 Å². The van der Waals surface area contributed by atoms with Crippen LogP contribution in [0.25, 0.3) is 11.3 Å². The summed E-state index contributed by atoms with van der Waals surface area (Å²) in [4.78, 5) is 27.5. The Morgan fingerprint density at radius 1 is 0.889 bits per heavy atom. The third-order valence-electron chi connectivity index (χ3n) is 4.12. The Morgan fingerprint density at radius 3 is 2.44 bits per heavy atom. The molecule has 4 rings (SSSR count). The number of amides is 2. The van der Waals surface area contributed by atoms with Crippen molar-refractivity contribution in [1.29, 1.82) is 0 Å². The van der Waals surface area contributed by atoms with Crippen LogP contribution in [0.5, 0.6) is 11.5 Å². The number of hydrazine groups is 1. The van der Waals surface area contributed by atoms with E-state index in [4.69, 9.17) is 9.47 Å². The molecule has 1 atom stereocenters. The van der Waals surface area contributed by atoms with Gasteiger partial charge in [0.15, 0.2) is 11.5 Å². The molecule has 1 aliphatic rings. The summed E-state index contributed by atoms with van der Waals surface area (Å²) in [7, 11) is 0. The summed E-state index contributed by atoms with van der Waals surface area (Å²) in [6, 6.07) is 20.2. The molecule has 27 heavy (non-hydrogen) atoms. The summed E-state index contributed by atoms with van der Waals surface area (Å²) < 4.78 is 11.1. The lowest BCUT2D eigenvalue weighted by atomic mass is 10.2. The molecule has 0 spiro atoms. The zero-order valence-electron chi connectivity index (χ0n) is 14.3. The minimum absolute atomic E-state index is 0.0688. The number of carbonyl (C=O) groups excluding carboxylic acids is 2. The van der Waals surface area contributed by atoms with Gasteiger partial charge in [-0.05, 0) is 29.8 Å². The average Bonchev–Trinajstić information content (AvgIpc) is 3.22. The van der Waals surface area contributed by atoms with Crippen LogP contribution in [0.15, 0.2) is 66.7 Å². The van der Waals surface area contributed by atoms with Gasteiger partial charge in [-0.15, -0.1) is 0 Å². The molecule has 3 N–H and O–H groups in total. The molecule has 0 aliphatic carbocycles. The second-order valence-corrected chi connectivity index (χ2v) is 5.96. The molecule has 3 aromatic rings. The van der Waals surface area contributed by atoms with Gasteiger partial charge in [-0.25, -0.2) is 0 Å². The van der Waals surface area contributed by atoms with Crippen LogP contribution in [0.1, 0.15) is 10.5 Å². The number of para-hydroxylation sites is 2. The number of H-pyrrole nitrogens is 1. The maximum atomic E-state index is 12.2. The maximum absolute atomic E-state index is 12.2. The normalized spacial score (nSPS) is 15.0. The summed E-state index contributed by atoms with van der Waals surface area (Å²) in [5, 5.41) is 0. The molecule has 1 aromatic heterocycles. The van der Waals surface area contributed by atoms with Crippen LogP contribution < -0.4 is 20.3 Å². The van der Waals surface area contributed by atoms with Crippen molar-refractivity contribution in [3.05, 3.63) is 72.4 Å². The third kappa shape index (κ3) is 3.62. The van der Waals surface area contributed by atoms with Gasteiger partial charge in [-0.1, -0.05) is 42.5 Å². The molecule has 2 aromatic carbocycles. The number of aromatic nitrogens is 1. The molecule has 7 nitrogen and oxygen atoms in total. The first-order valence-electron chi connectivity index (χ1n) is 8.44. The highest BCUT2D eigenvalue weighted by Crippen LogP contribution is 2.30. The van der Waals surface area contributed by atoms with Crippen LogP contribution in [0.3, 0.4) is 0 Å². The highest BCUT2D eigenvalue weighted by Gasteiger charge is 2.27. The first kappa shape index (κ1) is 16.7. The van der Waals surface area contributed by atoms with Crippen molar-refractivity contribution < 1.29 is 19.1 Å². The van der Waals surface area contributed by atoms with E-state index in [0.717, 1.165) is 11.3 Å². The van der Waals surface area contributed by atoms with Crippen molar-refractivity contribution in [1.82, 2.24) is 15.8 Å². The van der Waals surface area contributed by atoms with Crippen molar-refractivity contribution in [3.8, 4) is 22.8 Å². The van der Waals surface area contributed by atoms with Crippen molar-refractivity contribution in [3.63, 3.8) is 0 Å². The molecule has 2 heterocycles. The predicted octanol–water partition coefficient (Wildman–Crippen LogP) is 2.28. The average molecular weight is 363 g/mol. The first-order valence-corrected chi connectivity index (χ1v) is 8.44. The maximum Gasteiger partial charge on any atom is 0.286 e. The number of carbonyl (C=O) groups is 2. The largest absolute Gasteiger partial charge is 0.485 e. The second kappa shape index (κ2) is 7.25. The third-order valence-corrected chi connectivity index (χ3v) is 4.12. The minimum Gasteiger partial charge on any atom is -0.485 e. The molecule has 1 unspecified atom stereocenters. The SMILES string of the molecule is O=C(NNC(=O)C1COc2ccccc2O1)c1ccc(-c2ccccc2)[nH]1. The van der Waals surface area contributed by atoms with E-state index in [2.05, 4.69) is 15.8 Å². The number of hydrogen-bond donors (Lipinski definition) is 3. The smallest absolute Gasteiger partial charge is 0.286 e. The van der Waals surface area contributed by atoms with Gasteiger partial charge < -0.3 is 14.5 Å². The van der Waals surface area contributed by atoms with Crippen LogP contribution in [0.4, 0.5) is 0 Å². The highest BCUT2D eigenvalue weighted by atomic mass is 16.6. The number of ether oxygens (including phenoxy) is 2. The van der Waals surface area contributed by atoms with Crippen molar-refractivity contribution >= 4 is 11.8 Å². The minimum atomic E-state index is -0.844. The monoisotopic (exact) mass is 363 g/mol. The van der Waals surface area contributed by atoms with E-state index < -0.39 is 17.9 Å². The lowest BCUT2D eigenvalue weighted by molar-refractivity contribution is -0.131. The number of hydrogen-bond acceptors (Lipinski definition) is 4. The van der Waals surface area contributed by atoms with Gasteiger partial charge in [-0.3, -0.25) is 20.4 Å². The molecule has 0 saturated carbocycles. The van der Waals surface area contributed by atoms with E-state index in [0.29, 0.717) is 17.2 Å². The van der Waals surface area contributed by atoms with E-state index in [1.54, 1.807) is 30.3 Å². The Kier molecular flexibility index (Phi) is 4.49. The fourth-order valence-electron chi connectivity index (χ4n) is 2.73. The quantitative estimate of drug-likeness (QED) is 0.623. The summed E-state index contributed by atoms with van der Waals surface area (Å²) in [5.74, 6) is 0.132. The van der Waals surface area contributed by atoms with Gasteiger partial charge in [-0.2, -0.15) is 0 Å². The molecule has 2 amide bonds. The molecule has 1 aliphatic heterocycles. The lowest BCUT2D eigenvalue weighted by Crippen LogP contribution is -2.50. The molecule has 0 fully saturated rings. The fraction of sp³-hybridized carbons (Fsp3) is 0.100. The Labute approximate surface area is 155 Å². The van der Waals surface area contributed by atoms with Crippen molar-refractivity contribution in [2.24, 2.45) is 0 Å². The van der Waals surface area contributed by atoms with Crippen molar-refractivity contribution in [2.45, 2.75) is 6.10 Å². The Balaban J connectivity index is 1.34. The Morgan fingerprint density at radius 2 is 1.63 bits per heavy atom. The molecular weight excluding hydrogens is 346 g/mol. The second-order valence-electron chi connectivity index (χ2n) is 5.96. The zero-order valence-corrected chi connectivity index (χ0v) is 14.3. The van der Waals surface area contributed by atoms with Crippen molar-refractivity contribution in [2.75, 3.05) is 6.61 Å². The summed E-state index contributed by atoms with van der Waals surface area (Å²) in [5.41, 5.74) is 6.86. The Bertz CT molecular complexity index is 968. The molecule has 7 heteroatoms. The number of benzene rings is 2. The molecule has 0 saturated heterocycles. The molecule has 0 radical (unpaired) electrons. The lowest BCUT2D eigenvalue weighted by Gasteiger charge is -2.25. The van der Waals surface area contributed by atoms with Crippen LogP contribution in [-0.2, 0) is 4.79 Å². The van der Waals surface area contributed by atoms with Crippen LogP contribution >= 0.6 is 0 Å². The van der Waals surface area contributed by atoms with E-state index in [-0.39, 0.29) is 6.61 Å². The Hall–Kier alpha value is -3.74. The van der Waals surface area contributed by atoms with Crippen LogP contribution in [0, 0.1) is 0 Å². The number of aromatic amines is 1. The highest BCUT2D eigenvalue weighted by molar-refractivity contribution is 5.95. The number of rotatable bonds is 3. The van der Waals surface area contributed by atoms with Gasteiger partial charge in [0.05, 0.1) is 0 Å². The summed E-state index contributed by atoms with van der Waals surface area (Å²) in [6.45, 7) is 0.0688. The fourth-order valence-corrected chi connectivity index (χ4v) is 2.73. The van der Waals surface area contributed by atoms with Crippen LogP contribution in [0.2, 0.25) is 0 Å².